The van der Waals surface area contributed by atoms with Crippen molar-refractivity contribution in [3.63, 3.8) is 0 Å². The number of carbonyl (C=O) groups excluding carboxylic acids is 1. The Balaban J connectivity index is 1.72. The van der Waals surface area contributed by atoms with Crippen molar-refractivity contribution in [2.75, 3.05) is 12.4 Å². The van der Waals surface area contributed by atoms with Gasteiger partial charge in [0.1, 0.15) is 5.75 Å². The van der Waals surface area contributed by atoms with Crippen molar-refractivity contribution in [1.29, 1.82) is 0 Å². The van der Waals surface area contributed by atoms with E-state index in [9.17, 15) is 4.79 Å². The van der Waals surface area contributed by atoms with Gasteiger partial charge >= 0.3 is 0 Å². The molecule has 3 aromatic rings. The highest BCUT2D eigenvalue weighted by atomic mass is 32.2. The molecular formula is C20H23N3O3S. The number of aromatic nitrogens is 3. The Morgan fingerprint density at radius 1 is 1.22 bits per heavy atom. The van der Waals surface area contributed by atoms with Gasteiger partial charge in [0.2, 0.25) is 0 Å². The maximum atomic E-state index is 12.5. The predicted molar refractivity (Wildman–Crippen MR) is 105 cm³/mol. The smallest absolute Gasteiger partial charge is 0.200 e. The number of ketones is 1. The second kappa shape index (κ2) is 8.90. The first-order chi connectivity index (χ1) is 13.1. The molecule has 7 heteroatoms. The lowest BCUT2D eigenvalue weighted by Crippen LogP contribution is -2.09. The molecule has 0 bridgehead atoms. The molecule has 2 heterocycles. The van der Waals surface area contributed by atoms with E-state index in [1.54, 1.807) is 18.4 Å². The minimum absolute atomic E-state index is 0.0432. The van der Waals surface area contributed by atoms with Crippen LogP contribution in [-0.2, 0) is 6.54 Å². The van der Waals surface area contributed by atoms with Crippen LogP contribution >= 0.6 is 11.8 Å². The van der Waals surface area contributed by atoms with Crippen molar-refractivity contribution < 1.29 is 13.9 Å². The second-order valence-corrected chi connectivity index (χ2v) is 7.40. The Hall–Kier alpha value is -2.54. The Morgan fingerprint density at radius 3 is 2.63 bits per heavy atom. The van der Waals surface area contributed by atoms with E-state index < -0.39 is 0 Å². The maximum absolute atomic E-state index is 12.5. The number of benzene rings is 1. The molecule has 0 atom stereocenters. The summed E-state index contributed by atoms with van der Waals surface area (Å²) in [5.74, 6) is 2.87. The number of ether oxygens (including phenoxy) is 1. The summed E-state index contributed by atoms with van der Waals surface area (Å²) in [6, 6.07) is 10.9. The number of thioether (sulfide) groups is 1. The number of hydrogen-bond acceptors (Lipinski definition) is 6. The first-order valence-electron chi connectivity index (χ1n) is 8.94. The number of hydrogen-bond donors (Lipinski definition) is 0. The van der Waals surface area contributed by atoms with Gasteiger partial charge in [-0.2, -0.15) is 0 Å². The molecule has 0 aliphatic carbocycles. The monoisotopic (exact) mass is 385 g/mol. The van der Waals surface area contributed by atoms with Gasteiger partial charge in [-0.3, -0.25) is 9.36 Å². The topological polar surface area (TPSA) is 70.2 Å². The molecule has 2 aromatic heterocycles. The Morgan fingerprint density at radius 2 is 2.00 bits per heavy atom. The highest BCUT2D eigenvalue weighted by Gasteiger charge is 2.18. The molecule has 0 aliphatic heterocycles. The van der Waals surface area contributed by atoms with E-state index in [-0.39, 0.29) is 5.78 Å². The van der Waals surface area contributed by atoms with Crippen molar-refractivity contribution in [3.05, 3.63) is 48.2 Å². The van der Waals surface area contributed by atoms with Crippen LogP contribution < -0.4 is 4.74 Å². The molecule has 0 spiro atoms. The van der Waals surface area contributed by atoms with Gasteiger partial charge in [-0.15, -0.1) is 10.2 Å². The third-order valence-electron chi connectivity index (χ3n) is 3.83. The van der Waals surface area contributed by atoms with Crippen molar-refractivity contribution in [3.8, 4) is 17.3 Å². The van der Waals surface area contributed by atoms with Crippen LogP contribution in [0.4, 0.5) is 0 Å². The standard InChI is InChI=1S/C20H23N3O3S/c1-4-25-16-9-7-15(8-10-16)17(24)13-27-20-22-21-19(18-6-5-11-26-18)23(20)12-14(2)3/h5-11,14H,4,12-13H2,1-3H3. The zero-order valence-electron chi connectivity index (χ0n) is 15.7. The van der Waals surface area contributed by atoms with Crippen molar-refractivity contribution in [2.24, 2.45) is 5.92 Å². The van der Waals surface area contributed by atoms with Crippen LogP contribution in [0.25, 0.3) is 11.6 Å². The van der Waals surface area contributed by atoms with Gasteiger partial charge in [-0.1, -0.05) is 25.6 Å². The third kappa shape index (κ3) is 4.80. The molecule has 0 amide bonds. The Labute approximate surface area is 162 Å². The van der Waals surface area contributed by atoms with Gasteiger partial charge in [0, 0.05) is 12.1 Å². The van der Waals surface area contributed by atoms with Gasteiger partial charge in [-0.05, 0) is 49.2 Å². The summed E-state index contributed by atoms with van der Waals surface area (Å²) in [7, 11) is 0. The summed E-state index contributed by atoms with van der Waals surface area (Å²) in [5.41, 5.74) is 0.659. The molecule has 0 radical (unpaired) electrons. The van der Waals surface area contributed by atoms with Crippen LogP contribution in [0, 0.1) is 5.92 Å². The van der Waals surface area contributed by atoms with E-state index in [4.69, 9.17) is 9.15 Å². The van der Waals surface area contributed by atoms with Crippen LogP contribution in [-0.4, -0.2) is 32.9 Å². The van der Waals surface area contributed by atoms with Gasteiger partial charge < -0.3 is 9.15 Å². The molecular weight excluding hydrogens is 362 g/mol. The largest absolute Gasteiger partial charge is 0.494 e. The highest BCUT2D eigenvalue weighted by Crippen LogP contribution is 2.26. The fourth-order valence-corrected chi connectivity index (χ4v) is 3.47. The molecule has 27 heavy (non-hydrogen) atoms. The van der Waals surface area contributed by atoms with Gasteiger partial charge in [0.15, 0.2) is 22.5 Å². The first kappa shape index (κ1) is 19.2. The van der Waals surface area contributed by atoms with Gasteiger partial charge in [0.25, 0.3) is 0 Å². The van der Waals surface area contributed by atoms with E-state index in [0.717, 1.165) is 17.5 Å². The van der Waals surface area contributed by atoms with Crippen LogP contribution in [0.15, 0.2) is 52.2 Å². The zero-order valence-corrected chi connectivity index (χ0v) is 16.5. The molecule has 0 fully saturated rings. The van der Waals surface area contributed by atoms with E-state index in [0.29, 0.717) is 35.4 Å². The fraction of sp³-hybridized carbons (Fsp3) is 0.350. The lowest BCUT2D eigenvalue weighted by molar-refractivity contribution is 0.102. The second-order valence-electron chi connectivity index (χ2n) is 6.46. The number of furan rings is 1. The SMILES string of the molecule is CCOc1ccc(C(=O)CSc2nnc(-c3ccco3)n2CC(C)C)cc1. The Kier molecular flexibility index (Phi) is 6.34. The van der Waals surface area contributed by atoms with Crippen molar-refractivity contribution >= 4 is 17.5 Å². The molecule has 1 aromatic carbocycles. The van der Waals surface area contributed by atoms with Crippen molar-refractivity contribution in [2.45, 2.75) is 32.5 Å². The molecule has 0 aliphatic rings. The normalized spacial score (nSPS) is 11.1. The average molecular weight is 385 g/mol. The summed E-state index contributed by atoms with van der Waals surface area (Å²) in [6.07, 6.45) is 1.62. The van der Waals surface area contributed by atoms with Crippen LogP contribution in [0.3, 0.4) is 0 Å². The molecule has 6 nitrogen and oxygen atoms in total. The molecule has 0 N–H and O–H groups in total. The quantitative estimate of drug-likeness (QED) is 0.397. The molecule has 142 valence electrons. The summed E-state index contributed by atoms with van der Waals surface area (Å²) in [4.78, 5) is 12.5. The minimum atomic E-state index is 0.0432. The summed E-state index contributed by atoms with van der Waals surface area (Å²) in [6.45, 7) is 7.55. The number of Topliss-reactive ketones (excluding diaryl/α,β-unsaturated/α-hetero) is 1. The van der Waals surface area contributed by atoms with Crippen LogP contribution in [0.5, 0.6) is 5.75 Å². The fourth-order valence-electron chi connectivity index (χ4n) is 2.63. The van der Waals surface area contributed by atoms with E-state index in [2.05, 4.69) is 24.0 Å². The minimum Gasteiger partial charge on any atom is -0.494 e. The third-order valence-corrected chi connectivity index (χ3v) is 4.79. The first-order valence-corrected chi connectivity index (χ1v) is 9.93. The zero-order chi connectivity index (χ0) is 19.2. The molecule has 3 rings (SSSR count). The number of rotatable bonds is 9. The van der Waals surface area contributed by atoms with Gasteiger partial charge in [0.05, 0.1) is 18.6 Å². The number of carbonyl (C=O) groups is 1. The summed E-state index contributed by atoms with van der Waals surface area (Å²) >= 11 is 1.39. The summed E-state index contributed by atoms with van der Waals surface area (Å²) < 4.78 is 12.9. The van der Waals surface area contributed by atoms with E-state index >= 15 is 0 Å². The van der Waals surface area contributed by atoms with Crippen LogP contribution in [0.1, 0.15) is 31.1 Å². The summed E-state index contributed by atoms with van der Waals surface area (Å²) in [5, 5.41) is 9.25. The lowest BCUT2D eigenvalue weighted by atomic mass is 10.1. The molecule has 0 saturated heterocycles. The molecule has 0 unspecified atom stereocenters. The maximum Gasteiger partial charge on any atom is 0.200 e. The average Bonchev–Trinajstić information content (AvgIpc) is 3.30. The van der Waals surface area contributed by atoms with Crippen LogP contribution in [0.2, 0.25) is 0 Å². The Bertz CT molecular complexity index is 871. The number of nitrogens with zero attached hydrogens (tertiary/aromatic N) is 3. The lowest BCUT2D eigenvalue weighted by Gasteiger charge is -2.11. The van der Waals surface area contributed by atoms with Crippen molar-refractivity contribution in [1.82, 2.24) is 14.8 Å². The molecule has 0 saturated carbocycles. The van der Waals surface area contributed by atoms with E-state index in [1.165, 1.54) is 11.8 Å². The highest BCUT2D eigenvalue weighted by molar-refractivity contribution is 7.99. The van der Waals surface area contributed by atoms with Gasteiger partial charge in [-0.25, -0.2) is 0 Å². The van der Waals surface area contributed by atoms with E-state index in [1.807, 2.05) is 35.8 Å². The predicted octanol–water partition coefficient (Wildman–Crippen LogP) is 4.57.